The maximum absolute atomic E-state index is 11.8. The summed E-state index contributed by atoms with van der Waals surface area (Å²) in [4.78, 5) is 23.5. The Morgan fingerprint density at radius 1 is 0.960 bits per heavy atom. The molecule has 0 aliphatic rings. The zero-order chi connectivity index (χ0) is 18.1. The fraction of sp³-hybridized carbons (Fsp3) is 0.167. The second-order valence-corrected chi connectivity index (χ2v) is 7.09. The van der Waals surface area contributed by atoms with Gasteiger partial charge in [-0.2, -0.15) is 5.10 Å². The SMILES string of the molecule is O=C(CCCC(=O)Nc1ccc(Br)cc1)N/N=C\c1cccc(Br)c1. The maximum Gasteiger partial charge on any atom is 0.240 e. The van der Waals surface area contributed by atoms with Gasteiger partial charge in [0.05, 0.1) is 6.21 Å². The van der Waals surface area contributed by atoms with E-state index in [1.165, 1.54) is 0 Å². The van der Waals surface area contributed by atoms with Crippen LogP contribution in [0.15, 0.2) is 62.6 Å². The molecule has 0 radical (unpaired) electrons. The number of rotatable bonds is 7. The number of carbonyl (C=O) groups excluding carboxylic acids is 2. The van der Waals surface area contributed by atoms with Gasteiger partial charge in [-0.05, 0) is 48.4 Å². The van der Waals surface area contributed by atoms with Crippen molar-refractivity contribution in [3.63, 3.8) is 0 Å². The zero-order valence-electron chi connectivity index (χ0n) is 13.3. The highest BCUT2D eigenvalue weighted by Crippen LogP contribution is 2.14. The summed E-state index contributed by atoms with van der Waals surface area (Å²) in [5.41, 5.74) is 4.07. The van der Waals surface area contributed by atoms with E-state index in [0.717, 1.165) is 20.2 Å². The van der Waals surface area contributed by atoms with Gasteiger partial charge in [0, 0.05) is 27.5 Å². The molecule has 2 aromatic rings. The Kier molecular flexibility index (Phi) is 7.81. The predicted molar refractivity (Wildman–Crippen MR) is 107 cm³/mol. The standard InChI is InChI=1S/C18H17Br2N3O2/c19-14-7-9-16(10-8-14)22-17(24)5-2-6-18(25)23-21-12-13-3-1-4-15(20)11-13/h1,3-4,7-12H,2,5-6H2,(H,22,24)(H,23,25)/b21-12-. The summed E-state index contributed by atoms with van der Waals surface area (Å²) in [7, 11) is 0. The van der Waals surface area contributed by atoms with Crippen LogP contribution in [0.25, 0.3) is 0 Å². The number of nitrogens with zero attached hydrogens (tertiary/aromatic N) is 1. The van der Waals surface area contributed by atoms with Crippen LogP contribution in [0.3, 0.4) is 0 Å². The maximum atomic E-state index is 11.8. The number of nitrogens with one attached hydrogen (secondary N) is 2. The average molecular weight is 467 g/mol. The molecule has 0 bridgehead atoms. The Morgan fingerprint density at radius 2 is 1.68 bits per heavy atom. The molecular weight excluding hydrogens is 450 g/mol. The lowest BCUT2D eigenvalue weighted by Crippen LogP contribution is -2.18. The number of hydrazone groups is 1. The molecule has 0 fully saturated rings. The van der Waals surface area contributed by atoms with E-state index in [0.29, 0.717) is 6.42 Å². The Morgan fingerprint density at radius 3 is 2.40 bits per heavy atom. The lowest BCUT2D eigenvalue weighted by Gasteiger charge is -2.05. The van der Waals surface area contributed by atoms with E-state index in [1.54, 1.807) is 6.21 Å². The van der Waals surface area contributed by atoms with Crippen molar-refractivity contribution in [1.29, 1.82) is 0 Å². The van der Waals surface area contributed by atoms with E-state index >= 15 is 0 Å². The van der Waals surface area contributed by atoms with E-state index < -0.39 is 0 Å². The molecule has 25 heavy (non-hydrogen) atoms. The Bertz CT molecular complexity index is 761. The van der Waals surface area contributed by atoms with E-state index in [4.69, 9.17) is 0 Å². The van der Waals surface area contributed by atoms with Crippen molar-refractivity contribution >= 4 is 55.6 Å². The van der Waals surface area contributed by atoms with Crippen molar-refractivity contribution in [2.45, 2.75) is 19.3 Å². The van der Waals surface area contributed by atoms with Crippen LogP contribution in [0.4, 0.5) is 5.69 Å². The summed E-state index contributed by atoms with van der Waals surface area (Å²) in [5, 5.41) is 6.69. The molecule has 0 spiro atoms. The highest BCUT2D eigenvalue weighted by atomic mass is 79.9. The van der Waals surface area contributed by atoms with Crippen LogP contribution >= 0.6 is 31.9 Å². The number of benzene rings is 2. The fourth-order valence-corrected chi connectivity index (χ4v) is 2.67. The van der Waals surface area contributed by atoms with E-state index in [9.17, 15) is 9.59 Å². The van der Waals surface area contributed by atoms with Gasteiger partial charge < -0.3 is 5.32 Å². The molecule has 2 rings (SSSR count). The van der Waals surface area contributed by atoms with Crippen LogP contribution in [0, 0.1) is 0 Å². The summed E-state index contributed by atoms with van der Waals surface area (Å²) in [6, 6.07) is 14.9. The van der Waals surface area contributed by atoms with E-state index in [1.807, 2.05) is 48.5 Å². The topological polar surface area (TPSA) is 70.6 Å². The number of amides is 2. The number of hydrogen-bond donors (Lipinski definition) is 2. The van der Waals surface area contributed by atoms with Gasteiger partial charge in [0.1, 0.15) is 0 Å². The van der Waals surface area contributed by atoms with Gasteiger partial charge in [-0.3, -0.25) is 9.59 Å². The molecule has 0 atom stereocenters. The number of carbonyl (C=O) groups is 2. The number of halogens is 2. The first kappa shape index (κ1) is 19.3. The molecular formula is C18H17Br2N3O2. The van der Waals surface area contributed by atoms with Crippen molar-refractivity contribution in [3.8, 4) is 0 Å². The summed E-state index contributed by atoms with van der Waals surface area (Å²) in [6.07, 6.45) is 2.55. The second kappa shape index (κ2) is 10.1. The molecule has 7 heteroatoms. The van der Waals surface area contributed by atoms with E-state index in [-0.39, 0.29) is 24.7 Å². The molecule has 0 unspecified atom stereocenters. The van der Waals surface area contributed by atoms with Gasteiger partial charge in [-0.25, -0.2) is 5.43 Å². The van der Waals surface area contributed by atoms with Crippen LogP contribution in [-0.4, -0.2) is 18.0 Å². The summed E-state index contributed by atoms with van der Waals surface area (Å²) < 4.78 is 1.89. The molecule has 0 aliphatic heterocycles. The molecule has 2 amide bonds. The minimum absolute atomic E-state index is 0.118. The monoisotopic (exact) mass is 465 g/mol. The first-order valence-corrected chi connectivity index (χ1v) is 9.24. The third-order valence-corrected chi connectivity index (χ3v) is 4.21. The summed E-state index contributed by atoms with van der Waals surface area (Å²) in [5.74, 6) is -0.338. The van der Waals surface area contributed by atoms with Crippen LogP contribution in [0.5, 0.6) is 0 Å². The molecule has 0 aliphatic carbocycles. The minimum atomic E-state index is -0.220. The van der Waals surface area contributed by atoms with E-state index in [2.05, 4.69) is 47.7 Å². The van der Waals surface area contributed by atoms with Gasteiger partial charge in [0.2, 0.25) is 11.8 Å². The first-order chi connectivity index (χ1) is 12.0. The second-order valence-electron chi connectivity index (χ2n) is 5.26. The summed E-state index contributed by atoms with van der Waals surface area (Å²) in [6.45, 7) is 0. The van der Waals surface area contributed by atoms with Gasteiger partial charge in [-0.1, -0.05) is 44.0 Å². The molecule has 130 valence electrons. The lowest BCUT2D eigenvalue weighted by molar-refractivity contribution is -0.121. The third kappa shape index (κ3) is 7.62. The Labute approximate surface area is 163 Å². The highest BCUT2D eigenvalue weighted by Gasteiger charge is 2.05. The van der Waals surface area contributed by atoms with Crippen molar-refractivity contribution in [2.24, 2.45) is 5.10 Å². The fourth-order valence-electron chi connectivity index (χ4n) is 1.99. The molecule has 0 heterocycles. The van der Waals surface area contributed by atoms with Crippen LogP contribution in [0.1, 0.15) is 24.8 Å². The van der Waals surface area contributed by atoms with Crippen LogP contribution in [0.2, 0.25) is 0 Å². The minimum Gasteiger partial charge on any atom is -0.326 e. The molecule has 2 aromatic carbocycles. The smallest absolute Gasteiger partial charge is 0.240 e. The quantitative estimate of drug-likeness (QED) is 0.466. The predicted octanol–water partition coefficient (Wildman–Crippen LogP) is 4.47. The lowest BCUT2D eigenvalue weighted by atomic mass is 10.2. The van der Waals surface area contributed by atoms with Crippen LogP contribution < -0.4 is 10.7 Å². The first-order valence-electron chi connectivity index (χ1n) is 7.66. The van der Waals surface area contributed by atoms with Gasteiger partial charge in [0.15, 0.2) is 0 Å². The number of anilines is 1. The molecule has 0 saturated carbocycles. The Hall–Kier alpha value is -1.99. The summed E-state index contributed by atoms with van der Waals surface area (Å²) >= 11 is 6.71. The highest BCUT2D eigenvalue weighted by molar-refractivity contribution is 9.10. The van der Waals surface area contributed by atoms with Gasteiger partial charge >= 0.3 is 0 Å². The zero-order valence-corrected chi connectivity index (χ0v) is 16.5. The van der Waals surface area contributed by atoms with Crippen molar-refractivity contribution < 1.29 is 9.59 Å². The van der Waals surface area contributed by atoms with Crippen molar-refractivity contribution in [3.05, 3.63) is 63.0 Å². The molecule has 0 saturated heterocycles. The normalized spacial score (nSPS) is 10.6. The molecule has 2 N–H and O–H groups in total. The van der Waals surface area contributed by atoms with Gasteiger partial charge in [-0.15, -0.1) is 0 Å². The Balaban J connectivity index is 1.66. The molecule has 0 aromatic heterocycles. The van der Waals surface area contributed by atoms with Crippen molar-refractivity contribution in [1.82, 2.24) is 5.43 Å². The van der Waals surface area contributed by atoms with Gasteiger partial charge in [0.25, 0.3) is 0 Å². The van der Waals surface area contributed by atoms with Crippen LogP contribution in [-0.2, 0) is 9.59 Å². The largest absolute Gasteiger partial charge is 0.326 e. The molecule has 5 nitrogen and oxygen atoms in total. The van der Waals surface area contributed by atoms with Crippen molar-refractivity contribution in [2.75, 3.05) is 5.32 Å². The number of hydrogen-bond acceptors (Lipinski definition) is 3. The average Bonchev–Trinajstić information content (AvgIpc) is 2.57. The third-order valence-electron chi connectivity index (χ3n) is 3.19.